The van der Waals surface area contributed by atoms with Crippen LogP contribution in [0.5, 0.6) is 0 Å². The third kappa shape index (κ3) is 3.03. The van der Waals surface area contributed by atoms with Gasteiger partial charge in [-0.05, 0) is 32.8 Å². The van der Waals surface area contributed by atoms with Crippen LogP contribution >= 0.6 is 0 Å². The van der Waals surface area contributed by atoms with E-state index in [9.17, 15) is 4.79 Å². The van der Waals surface area contributed by atoms with Crippen LogP contribution in [-0.2, 0) is 9.53 Å². The van der Waals surface area contributed by atoms with Gasteiger partial charge >= 0.3 is 0 Å². The van der Waals surface area contributed by atoms with Gasteiger partial charge in [0.2, 0.25) is 5.91 Å². The first-order valence-corrected chi connectivity index (χ1v) is 4.88. The van der Waals surface area contributed by atoms with E-state index in [1.165, 1.54) is 0 Å². The highest BCUT2D eigenvalue weighted by Crippen LogP contribution is 2.10. The Kier molecular flexibility index (Phi) is 3.52. The smallest absolute Gasteiger partial charge is 0.237 e. The van der Waals surface area contributed by atoms with Gasteiger partial charge in [0, 0.05) is 6.54 Å². The molecule has 0 bridgehead atoms. The molecule has 0 radical (unpaired) electrons. The van der Waals surface area contributed by atoms with Crippen LogP contribution in [0, 0.1) is 0 Å². The minimum absolute atomic E-state index is 0.152. The van der Waals surface area contributed by atoms with Crippen LogP contribution in [0.4, 0.5) is 0 Å². The Balaban J connectivity index is 2.32. The summed E-state index contributed by atoms with van der Waals surface area (Å²) >= 11 is 0. The fourth-order valence-electron chi connectivity index (χ4n) is 1.19. The van der Waals surface area contributed by atoms with Gasteiger partial charge in [0.15, 0.2) is 0 Å². The van der Waals surface area contributed by atoms with E-state index in [1.807, 2.05) is 6.08 Å². The molecule has 0 aromatic carbocycles. The number of amides is 1. The van der Waals surface area contributed by atoms with Crippen molar-refractivity contribution in [1.82, 2.24) is 5.32 Å². The average Bonchev–Trinajstić information content (AvgIpc) is 2.16. The highest BCUT2D eigenvalue weighted by atomic mass is 16.5. The van der Waals surface area contributed by atoms with Crippen molar-refractivity contribution in [2.24, 2.45) is 5.73 Å². The molecule has 4 nitrogen and oxygen atoms in total. The number of carbonyl (C=O) groups excluding carboxylic acids is 1. The molecule has 0 aromatic rings. The largest absolute Gasteiger partial charge is 0.497 e. The van der Waals surface area contributed by atoms with Crippen LogP contribution in [0.1, 0.15) is 26.7 Å². The van der Waals surface area contributed by atoms with E-state index in [4.69, 9.17) is 10.5 Å². The summed E-state index contributed by atoms with van der Waals surface area (Å²) in [6.07, 6.45) is 5.88. The molecule has 14 heavy (non-hydrogen) atoms. The zero-order valence-electron chi connectivity index (χ0n) is 8.75. The predicted molar refractivity (Wildman–Crippen MR) is 54.5 cm³/mol. The number of ether oxygens (including phenoxy) is 1. The number of hydrogen-bond donors (Lipinski definition) is 2. The summed E-state index contributed by atoms with van der Waals surface area (Å²) in [5.41, 5.74) is 4.57. The zero-order valence-corrected chi connectivity index (χ0v) is 8.75. The van der Waals surface area contributed by atoms with Crippen molar-refractivity contribution in [2.45, 2.75) is 38.3 Å². The molecule has 1 aliphatic rings. The first-order chi connectivity index (χ1) is 6.52. The summed E-state index contributed by atoms with van der Waals surface area (Å²) in [5, 5.41) is 3.09. The third-order valence-electron chi connectivity index (χ3n) is 2.41. The Morgan fingerprint density at radius 1 is 1.71 bits per heavy atom. The predicted octanol–water partition coefficient (Wildman–Crippen LogP) is 0.533. The molecule has 3 N–H and O–H groups in total. The Morgan fingerprint density at radius 3 is 2.93 bits per heavy atom. The number of carbonyl (C=O) groups is 1. The van der Waals surface area contributed by atoms with Gasteiger partial charge in [-0.2, -0.15) is 0 Å². The lowest BCUT2D eigenvalue weighted by atomic mass is 10.0. The molecule has 1 aliphatic heterocycles. The SMILES string of the molecule is CC(C)(NCC1CCC=CO1)C(N)=O. The van der Waals surface area contributed by atoms with Crippen molar-refractivity contribution >= 4 is 5.91 Å². The summed E-state index contributed by atoms with van der Waals surface area (Å²) in [6, 6.07) is 0. The van der Waals surface area contributed by atoms with Gasteiger partial charge < -0.3 is 15.8 Å². The molecule has 1 rings (SSSR count). The standard InChI is InChI=1S/C10H18N2O2/c1-10(2,9(11)13)12-7-8-5-3-4-6-14-8/h4,6,8,12H,3,5,7H2,1-2H3,(H2,11,13). The summed E-state index contributed by atoms with van der Waals surface area (Å²) in [7, 11) is 0. The maximum Gasteiger partial charge on any atom is 0.237 e. The molecule has 4 heteroatoms. The third-order valence-corrected chi connectivity index (χ3v) is 2.41. The molecule has 1 unspecified atom stereocenters. The Morgan fingerprint density at radius 2 is 2.43 bits per heavy atom. The lowest BCUT2D eigenvalue weighted by Gasteiger charge is -2.26. The zero-order chi connectivity index (χ0) is 10.6. The van der Waals surface area contributed by atoms with Gasteiger partial charge in [0.05, 0.1) is 11.8 Å². The second-order valence-electron chi connectivity index (χ2n) is 4.08. The Labute approximate surface area is 84.5 Å². The van der Waals surface area contributed by atoms with Gasteiger partial charge in [0.1, 0.15) is 6.10 Å². The van der Waals surface area contributed by atoms with Crippen LogP contribution in [-0.4, -0.2) is 24.1 Å². The maximum absolute atomic E-state index is 11.0. The molecule has 1 atom stereocenters. The number of rotatable bonds is 4. The quantitative estimate of drug-likeness (QED) is 0.692. The minimum atomic E-state index is -0.662. The maximum atomic E-state index is 11.0. The summed E-state index contributed by atoms with van der Waals surface area (Å²) < 4.78 is 5.36. The van der Waals surface area contributed by atoms with Crippen LogP contribution in [0.25, 0.3) is 0 Å². The Bertz CT molecular complexity index is 236. The average molecular weight is 198 g/mol. The van der Waals surface area contributed by atoms with Gasteiger partial charge in [-0.25, -0.2) is 0 Å². The van der Waals surface area contributed by atoms with Crippen molar-refractivity contribution < 1.29 is 9.53 Å². The van der Waals surface area contributed by atoms with Crippen LogP contribution in [0.3, 0.4) is 0 Å². The number of hydrogen-bond acceptors (Lipinski definition) is 3. The second kappa shape index (κ2) is 4.46. The molecule has 0 aliphatic carbocycles. The molecule has 0 spiro atoms. The molecule has 0 aromatic heterocycles. The first kappa shape index (κ1) is 11.0. The summed E-state index contributed by atoms with van der Waals surface area (Å²) in [5.74, 6) is -0.344. The number of nitrogens with one attached hydrogen (secondary N) is 1. The molecule has 1 heterocycles. The van der Waals surface area contributed by atoms with Gasteiger partial charge in [-0.15, -0.1) is 0 Å². The highest BCUT2D eigenvalue weighted by molar-refractivity contribution is 5.83. The minimum Gasteiger partial charge on any atom is -0.497 e. The van der Waals surface area contributed by atoms with E-state index in [0.29, 0.717) is 6.54 Å². The first-order valence-electron chi connectivity index (χ1n) is 4.88. The van der Waals surface area contributed by atoms with E-state index in [-0.39, 0.29) is 12.0 Å². The topological polar surface area (TPSA) is 64.3 Å². The van der Waals surface area contributed by atoms with E-state index in [2.05, 4.69) is 5.32 Å². The summed E-state index contributed by atoms with van der Waals surface area (Å²) in [4.78, 5) is 11.0. The summed E-state index contributed by atoms with van der Waals surface area (Å²) in [6.45, 7) is 4.20. The van der Waals surface area contributed by atoms with Crippen molar-refractivity contribution in [3.63, 3.8) is 0 Å². The van der Waals surface area contributed by atoms with Gasteiger partial charge in [-0.3, -0.25) is 4.79 Å². The van der Waals surface area contributed by atoms with Crippen molar-refractivity contribution in [2.75, 3.05) is 6.54 Å². The molecular formula is C10H18N2O2. The van der Waals surface area contributed by atoms with Crippen LogP contribution in [0.15, 0.2) is 12.3 Å². The van der Waals surface area contributed by atoms with Gasteiger partial charge in [-0.1, -0.05) is 0 Å². The van der Waals surface area contributed by atoms with Crippen LogP contribution in [0.2, 0.25) is 0 Å². The fraction of sp³-hybridized carbons (Fsp3) is 0.700. The molecule has 1 amide bonds. The number of primary amides is 1. The van der Waals surface area contributed by atoms with Crippen LogP contribution < -0.4 is 11.1 Å². The van der Waals surface area contributed by atoms with Crippen molar-refractivity contribution in [1.29, 1.82) is 0 Å². The lowest BCUT2D eigenvalue weighted by molar-refractivity contribution is -0.123. The fourth-order valence-corrected chi connectivity index (χ4v) is 1.19. The number of nitrogens with two attached hydrogens (primary N) is 1. The Hall–Kier alpha value is -1.03. The molecule has 0 saturated heterocycles. The van der Waals surface area contributed by atoms with Crippen molar-refractivity contribution in [3.8, 4) is 0 Å². The second-order valence-corrected chi connectivity index (χ2v) is 4.08. The van der Waals surface area contributed by atoms with Crippen molar-refractivity contribution in [3.05, 3.63) is 12.3 Å². The monoisotopic (exact) mass is 198 g/mol. The van der Waals surface area contributed by atoms with Gasteiger partial charge in [0.25, 0.3) is 0 Å². The highest BCUT2D eigenvalue weighted by Gasteiger charge is 2.25. The molecule has 0 fully saturated rings. The van der Waals surface area contributed by atoms with E-state index < -0.39 is 5.54 Å². The lowest BCUT2D eigenvalue weighted by Crippen LogP contribution is -2.52. The molecule has 0 saturated carbocycles. The van der Waals surface area contributed by atoms with E-state index in [0.717, 1.165) is 12.8 Å². The van der Waals surface area contributed by atoms with E-state index in [1.54, 1.807) is 20.1 Å². The van der Waals surface area contributed by atoms with E-state index >= 15 is 0 Å². The molecular weight excluding hydrogens is 180 g/mol. The number of allylic oxidation sites excluding steroid dienone is 1. The molecule has 80 valence electrons. The normalized spacial score (nSPS) is 21.7.